The second kappa shape index (κ2) is 9.07. The van der Waals surface area contributed by atoms with Crippen molar-refractivity contribution in [3.8, 4) is 0 Å². The molecule has 0 saturated carbocycles. The molecule has 1 aromatic carbocycles. The van der Waals surface area contributed by atoms with E-state index in [4.69, 9.17) is 4.74 Å². The van der Waals surface area contributed by atoms with Gasteiger partial charge in [0.2, 0.25) is 5.91 Å². The molecule has 0 aliphatic carbocycles. The molecule has 1 amide bonds. The molecule has 1 aromatic rings. The summed E-state index contributed by atoms with van der Waals surface area (Å²) in [5.74, 6) is 0.772. The van der Waals surface area contributed by atoms with Gasteiger partial charge in [0.25, 0.3) is 0 Å². The third kappa shape index (κ3) is 4.57. The van der Waals surface area contributed by atoms with Gasteiger partial charge in [-0.1, -0.05) is 63.4 Å². The van der Waals surface area contributed by atoms with Crippen molar-refractivity contribution in [2.24, 2.45) is 5.92 Å². The summed E-state index contributed by atoms with van der Waals surface area (Å²) in [7, 11) is 0. The van der Waals surface area contributed by atoms with E-state index in [1.54, 1.807) is 0 Å². The third-order valence-corrected chi connectivity index (χ3v) is 5.20. The predicted octanol–water partition coefficient (Wildman–Crippen LogP) is 4.07. The maximum Gasteiger partial charge on any atom is 0.230 e. The van der Waals surface area contributed by atoms with E-state index in [2.05, 4.69) is 31.3 Å². The highest BCUT2D eigenvalue weighted by Gasteiger charge is 2.41. The monoisotopic (exact) mass is 317 g/mol. The van der Waals surface area contributed by atoms with Crippen molar-refractivity contribution >= 4 is 5.91 Å². The van der Waals surface area contributed by atoms with Crippen molar-refractivity contribution in [1.29, 1.82) is 0 Å². The van der Waals surface area contributed by atoms with E-state index in [-0.39, 0.29) is 5.91 Å². The Bertz CT molecular complexity index is 466. The molecule has 1 heterocycles. The summed E-state index contributed by atoms with van der Waals surface area (Å²) in [6.07, 6.45) is 6.33. The summed E-state index contributed by atoms with van der Waals surface area (Å²) in [4.78, 5) is 13.0. The molecule has 0 bridgehead atoms. The quantitative estimate of drug-likeness (QED) is 0.785. The minimum atomic E-state index is -0.414. The number of benzene rings is 1. The molecule has 0 radical (unpaired) electrons. The van der Waals surface area contributed by atoms with E-state index in [1.807, 2.05) is 18.2 Å². The zero-order valence-corrected chi connectivity index (χ0v) is 14.6. The van der Waals surface area contributed by atoms with Gasteiger partial charge in [0, 0.05) is 19.8 Å². The second-order valence-corrected chi connectivity index (χ2v) is 6.69. The van der Waals surface area contributed by atoms with Gasteiger partial charge in [0.15, 0.2) is 0 Å². The number of hydrogen-bond acceptors (Lipinski definition) is 2. The maximum atomic E-state index is 13.0. The van der Waals surface area contributed by atoms with E-state index in [0.717, 1.165) is 31.4 Å². The van der Waals surface area contributed by atoms with Crippen LogP contribution in [0.25, 0.3) is 0 Å². The van der Waals surface area contributed by atoms with Crippen LogP contribution in [-0.2, 0) is 14.9 Å². The highest BCUT2D eigenvalue weighted by molar-refractivity contribution is 5.88. The minimum absolute atomic E-state index is 0.182. The lowest BCUT2D eigenvalue weighted by Gasteiger charge is -2.36. The van der Waals surface area contributed by atoms with Crippen molar-refractivity contribution in [3.05, 3.63) is 35.9 Å². The van der Waals surface area contributed by atoms with Gasteiger partial charge in [-0.3, -0.25) is 4.79 Å². The van der Waals surface area contributed by atoms with Crippen LogP contribution < -0.4 is 5.32 Å². The molecule has 0 spiro atoms. The van der Waals surface area contributed by atoms with Gasteiger partial charge in [-0.15, -0.1) is 0 Å². The lowest BCUT2D eigenvalue weighted by Crippen LogP contribution is -2.49. The number of carbonyl (C=O) groups is 1. The third-order valence-electron chi connectivity index (χ3n) is 5.20. The zero-order valence-electron chi connectivity index (χ0n) is 14.6. The average Bonchev–Trinajstić information content (AvgIpc) is 2.63. The zero-order chi connectivity index (χ0) is 16.5. The van der Waals surface area contributed by atoms with Crippen LogP contribution in [0.5, 0.6) is 0 Å². The number of amides is 1. The van der Waals surface area contributed by atoms with Crippen LogP contribution in [0.1, 0.15) is 57.9 Å². The topological polar surface area (TPSA) is 38.3 Å². The van der Waals surface area contributed by atoms with Gasteiger partial charge in [0.1, 0.15) is 0 Å². The van der Waals surface area contributed by atoms with E-state index in [0.29, 0.717) is 19.1 Å². The first kappa shape index (κ1) is 18.0. The predicted molar refractivity (Wildman–Crippen MR) is 94.5 cm³/mol. The molecular formula is C20H31NO2. The molecule has 0 aromatic heterocycles. The lowest BCUT2D eigenvalue weighted by atomic mass is 9.73. The van der Waals surface area contributed by atoms with Crippen molar-refractivity contribution in [3.63, 3.8) is 0 Å². The SMILES string of the molecule is CCCC[C@@H](CC)CNC(=O)C1(c2ccccc2)CCOCC1. The van der Waals surface area contributed by atoms with Crippen LogP contribution in [0.2, 0.25) is 0 Å². The first-order valence-electron chi connectivity index (χ1n) is 9.14. The fourth-order valence-corrected chi connectivity index (χ4v) is 3.47. The molecule has 3 heteroatoms. The molecule has 23 heavy (non-hydrogen) atoms. The number of carbonyl (C=O) groups excluding carboxylic acids is 1. The Labute approximate surface area is 140 Å². The van der Waals surface area contributed by atoms with Crippen molar-refractivity contribution in [1.82, 2.24) is 5.32 Å². The summed E-state index contributed by atoms with van der Waals surface area (Å²) in [5.41, 5.74) is 0.713. The Morgan fingerprint density at radius 2 is 1.91 bits per heavy atom. The van der Waals surface area contributed by atoms with Crippen molar-refractivity contribution in [2.45, 2.75) is 57.8 Å². The van der Waals surface area contributed by atoms with Crippen LogP contribution in [-0.4, -0.2) is 25.7 Å². The first-order valence-corrected chi connectivity index (χ1v) is 9.14. The highest BCUT2D eigenvalue weighted by atomic mass is 16.5. The van der Waals surface area contributed by atoms with Crippen molar-refractivity contribution in [2.75, 3.05) is 19.8 Å². The second-order valence-electron chi connectivity index (χ2n) is 6.69. The Kier molecular flexibility index (Phi) is 7.10. The molecule has 128 valence electrons. The summed E-state index contributed by atoms with van der Waals surface area (Å²) in [6.45, 7) is 6.56. The van der Waals surface area contributed by atoms with E-state index >= 15 is 0 Å². The summed E-state index contributed by atoms with van der Waals surface area (Å²) >= 11 is 0. The standard InChI is InChI=1S/C20H31NO2/c1-3-5-9-17(4-2)16-21-19(22)20(12-14-23-15-13-20)18-10-7-6-8-11-18/h6-8,10-11,17H,3-5,9,12-16H2,1-2H3,(H,21,22)/t17-/m1/s1. The van der Waals surface area contributed by atoms with Gasteiger partial charge >= 0.3 is 0 Å². The van der Waals surface area contributed by atoms with Gasteiger partial charge in [-0.25, -0.2) is 0 Å². The Morgan fingerprint density at radius 3 is 2.52 bits per heavy atom. The highest BCUT2D eigenvalue weighted by Crippen LogP contribution is 2.35. The molecule has 1 fully saturated rings. The van der Waals surface area contributed by atoms with Gasteiger partial charge in [0.05, 0.1) is 5.41 Å². The van der Waals surface area contributed by atoms with Crippen LogP contribution in [0.4, 0.5) is 0 Å². The summed E-state index contributed by atoms with van der Waals surface area (Å²) in [6, 6.07) is 10.2. The molecule has 1 saturated heterocycles. The summed E-state index contributed by atoms with van der Waals surface area (Å²) in [5, 5.41) is 3.26. The van der Waals surface area contributed by atoms with Crippen LogP contribution in [0.3, 0.4) is 0 Å². The Balaban J connectivity index is 2.06. The number of ether oxygens (including phenoxy) is 1. The molecule has 1 aliphatic heterocycles. The van der Waals surface area contributed by atoms with Crippen LogP contribution in [0.15, 0.2) is 30.3 Å². The fraction of sp³-hybridized carbons (Fsp3) is 0.650. The number of rotatable bonds is 8. The van der Waals surface area contributed by atoms with Crippen molar-refractivity contribution < 1.29 is 9.53 Å². The minimum Gasteiger partial charge on any atom is -0.381 e. The van der Waals surface area contributed by atoms with Gasteiger partial charge in [-0.05, 0) is 30.7 Å². The van der Waals surface area contributed by atoms with E-state index < -0.39 is 5.41 Å². The largest absolute Gasteiger partial charge is 0.381 e. The first-order chi connectivity index (χ1) is 11.2. The van der Waals surface area contributed by atoms with Crippen LogP contribution >= 0.6 is 0 Å². The number of hydrogen-bond donors (Lipinski definition) is 1. The average molecular weight is 317 g/mol. The molecule has 1 atom stereocenters. The fourth-order valence-electron chi connectivity index (χ4n) is 3.47. The molecule has 1 N–H and O–H groups in total. The molecule has 3 nitrogen and oxygen atoms in total. The number of nitrogens with one attached hydrogen (secondary N) is 1. The molecular weight excluding hydrogens is 286 g/mol. The van der Waals surface area contributed by atoms with E-state index in [1.165, 1.54) is 19.3 Å². The maximum absolute atomic E-state index is 13.0. The smallest absolute Gasteiger partial charge is 0.230 e. The lowest BCUT2D eigenvalue weighted by molar-refractivity contribution is -0.130. The Morgan fingerprint density at radius 1 is 1.22 bits per heavy atom. The molecule has 0 unspecified atom stereocenters. The Hall–Kier alpha value is -1.35. The van der Waals surface area contributed by atoms with Crippen LogP contribution in [0, 0.1) is 5.92 Å². The van der Waals surface area contributed by atoms with Gasteiger partial charge < -0.3 is 10.1 Å². The number of unbranched alkanes of at least 4 members (excludes halogenated alkanes) is 1. The van der Waals surface area contributed by atoms with E-state index in [9.17, 15) is 4.79 Å². The normalized spacial score (nSPS) is 18.3. The summed E-state index contributed by atoms with van der Waals surface area (Å²) < 4.78 is 5.52. The molecule has 1 aliphatic rings. The molecule has 2 rings (SSSR count). The van der Waals surface area contributed by atoms with Gasteiger partial charge in [-0.2, -0.15) is 0 Å².